The first-order valence-corrected chi connectivity index (χ1v) is 5.85. The van der Waals surface area contributed by atoms with Crippen LogP contribution in [-0.2, 0) is 20.7 Å². The number of hydrogen-bond donors (Lipinski definition) is 1. The maximum absolute atomic E-state index is 11.0. The van der Waals surface area contributed by atoms with Crippen LogP contribution in [0.25, 0.3) is 0 Å². The number of hydrogen-bond acceptors (Lipinski definition) is 5. The molecule has 0 bridgehead atoms. The lowest BCUT2D eigenvalue weighted by atomic mass is 10.1. The summed E-state index contributed by atoms with van der Waals surface area (Å²) < 4.78 is 9.89. The lowest BCUT2D eigenvalue weighted by molar-refractivity contribution is -0.150. The van der Waals surface area contributed by atoms with Crippen molar-refractivity contribution in [2.24, 2.45) is 0 Å². The standard InChI is InChI=1S/C13H17NO5/c1-18-13(16)7-4-11-2-5-12(6-3-11)19-9-8-14(17)10-15/h2-3,5-6,10,17H,4,7-9H2,1H3. The van der Waals surface area contributed by atoms with Crippen molar-refractivity contribution < 1.29 is 24.3 Å². The zero-order valence-corrected chi connectivity index (χ0v) is 10.7. The zero-order valence-electron chi connectivity index (χ0n) is 10.7. The number of carbonyl (C=O) groups is 2. The molecule has 6 heteroatoms. The molecule has 0 saturated carbocycles. The molecule has 1 amide bonds. The Morgan fingerprint density at radius 2 is 2.05 bits per heavy atom. The smallest absolute Gasteiger partial charge is 0.305 e. The quantitative estimate of drug-likeness (QED) is 0.329. The van der Waals surface area contributed by atoms with Gasteiger partial charge >= 0.3 is 5.97 Å². The van der Waals surface area contributed by atoms with Crippen LogP contribution >= 0.6 is 0 Å². The fraction of sp³-hybridized carbons (Fsp3) is 0.385. The molecule has 0 saturated heterocycles. The van der Waals surface area contributed by atoms with Crippen LogP contribution in [0.1, 0.15) is 12.0 Å². The Labute approximate surface area is 111 Å². The van der Waals surface area contributed by atoms with Crippen molar-refractivity contribution in [2.75, 3.05) is 20.3 Å². The van der Waals surface area contributed by atoms with E-state index in [1.165, 1.54) is 7.11 Å². The first-order chi connectivity index (χ1) is 9.15. The molecule has 6 nitrogen and oxygen atoms in total. The van der Waals surface area contributed by atoms with Crippen LogP contribution in [0.2, 0.25) is 0 Å². The molecule has 0 unspecified atom stereocenters. The summed E-state index contributed by atoms with van der Waals surface area (Å²) in [6, 6.07) is 7.26. The number of aryl methyl sites for hydroxylation is 1. The highest BCUT2D eigenvalue weighted by Gasteiger charge is 2.02. The molecular formula is C13H17NO5. The predicted molar refractivity (Wildman–Crippen MR) is 66.8 cm³/mol. The maximum atomic E-state index is 11.0. The molecule has 1 rings (SSSR count). The van der Waals surface area contributed by atoms with Crippen LogP contribution in [0, 0.1) is 0 Å². The summed E-state index contributed by atoms with van der Waals surface area (Å²) in [7, 11) is 1.36. The largest absolute Gasteiger partial charge is 0.492 e. The van der Waals surface area contributed by atoms with Gasteiger partial charge in [0.1, 0.15) is 12.4 Å². The summed E-state index contributed by atoms with van der Waals surface area (Å²) in [5.74, 6) is 0.401. The minimum atomic E-state index is -0.239. The summed E-state index contributed by atoms with van der Waals surface area (Å²) in [6.07, 6.45) is 1.28. The molecule has 0 atom stereocenters. The van der Waals surface area contributed by atoms with E-state index in [4.69, 9.17) is 9.94 Å². The number of esters is 1. The minimum Gasteiger partial charge on any atom is -0.492 e. The second-order valence-corrected chi connectivity index (χ2v) is 3.84. The second kappa shape index (κ2) is 8.10. The fourth-order valence-corrected chi connectivity index (χ4v) is 1.41. The van der Waals surface area contributed by atoms with Crippen LogP contribution in [0.5, 0.6) is 5.75 Å². The minimum absolute atomic E-state index is 0.105. The fourth-order valence-electron chi connectivity index (χ4n) is 1.41. The Bertz CT molecular complexity index is 404. The SMILES string of the molecule is COC(=O)CCc1ccc(OCCN(O)C=O)cc1. The van der Waals surface area contributed by atoms with Gasteiger partial charge in [0.05, 0.1) is 13.7 Å². The molecule has 0 aliphatic carbocycles. The lowest BCUT2D eigenvalue weighted by Crippen LogP contribution is -2.23. The van der Waals surface area contributed by atoms with E-state index >= 15 is 0 Å². The average molecular weight is 267 g/mol. The number of hydroxylamine groups is 2. The van der Waals surface area contributed by atoms with Crippen LogP contribution < -0.4 is 4.74 Å². The predicted octanol–water partition coefficient (Wildman–Crippen LogP) is 1.02. The highest BCUT2D eigenvalue weighted by atomic mass is 16.5. The van der Waals surface area contributed by atoms with Crippen LogP contribution in [0.4, 0.5) is 0 Å². The molecule has 0 spiro atoms. The van der Waals surface area contributed by atoms with Gasteiger partial charge in [0.15, 0.2) is 0 Å². The van der Waals surface area contributed by atoms with Gasteiger partial charge < -0.3 is 9.47 Å². The van der Waals surface area contributed by atoms with Crippen LogP contribution in [-0.4, -0.2) is 42.9 Å². The molecule has 0 aliphatic heterocycles. The Morgan fingerprint density at radius 3 is 2.63 bits per heavy atom. The molecule has 0 heterocycles. The van der Waals surface area contributed by atoms with Crippen molar-refractivity contribution in [1.82, 2.24) is 5.06 Å². The van der Waals surface area contributed by atoms with Gasteiger partial charge in [0.25, 0.3) is 0 Å². The molecule has 1 aromatic carbocycles. The summed E-state index contributed by atoms with van der Waals surface area (Å²) >= 11 is 0. The topological polar surface area (TPSA) is 76.1 Å². The van der Waals surface area contributed by atoms with Crippen molar-refractivity contribution >= 4 is 12.4 Å². The summed E-state index contributed by atoms with van der Waals surface area (Å²) in [4.78, 5) is 21.1. The number of methoxy groups -OCH3 is 1. The average Bonchev–Trinajstić information content (AvgIpc) is 2.45. The van der Waals surface area contributed by atoms with E-state index in [0.29, 0.717) is 30.1 Å². The lowest BCUT2D eigenvalue weighted by Gasteiger charge is -2.10. The normalized spacial score (nSPS) is 9.79. The number of carbonyl (C=O) groups excluding carboxylic acids is 2. The third kappa shape index (κ3) is 5.87. The van der Waals surface area contributed by atoms with E-state index in [2.05, 4.69) is 4.74 Å². The number of benzene rings is 1. The third-order valence-corrected chi connectivity index (χ3v) is 2.48. The van der Waals surface area contributed by atoms with Crippen molar-refractivity contribution in [3.05, 3.63) is 29.8 Å². The molecular weight excluding hydrogens is 250 g/mol. The van der Waals surface area contributed by atoms with E-state index < -0.39 is 0 Å². The highest BCUT2D eigenvalue weighted by molar-refractivity contribution is 5.69. The monoisotopic (exact) mass is 267 g/mol. The Hall–Kier alpha value is -2.08. The number of nitrogens with zero attached hydrogens (tertiary/aromatic N) is 1. The van der Waals surface area contributed by atoms with Crippen molar-refractivity contribution in [3.8, 4) is 5.75 Å². The molecule has 1 aromatic rings. The molecule has 0 aromatic heterocycles. The zero-order chi connectivity index (χ0) is 14.1. The van der Waals surface area contributed by atoms with Crippen LogP contribution in [0.3, 0.4) is 0 Å². The maximum Gasteiger partial charge on any atom is 0.305 e. The summed E-state index contributed by atoms with van der Waals surface area (Å²) in [5.41, 5.74) is 1.01. The number of ether oxygens (including phenoxy) is 2. The van der Waals surface area contributed by atoms with Crippen molar-refractivity contribution in [3.63, 3.8) is 0 Å². The second-order valence-electron chi connectivity index (χ2n) is 3.84. The van der Waals surface area contributed by atoms with Gasteiger partial charge in [-0.05, 0) is 24.1 Å². The Morgan fingerprint density at radius 1 is 1.37 bits per heavy atom. The molecule has 19 heavy (non-hydrogen) atoms. The third-order valence-electron chi connectivity index (χ3n) is 2.48. The van der Waals surface area contributed by atoms with E-state index in [1.54, 1.807) is 12.1 Å². The Kier molecular flexibility index (Phi) is 6.38. The van der Waals surface area contributed by atoms with Gasteiger partial charge in [-0.2, -0.15) is 0 Å². The van der Waals surface area contributed by atoms with Crippen LogP contribution in [0.15, 0.2) is 24.3 Å². The molecule has 1 N–H and O–H groups in total. The van der Waals surface area contributed by atoms with E-state index in [1.807, 2.05) is 12.1 Å². The molecule has 0 aliphatic rings. The van der Waals surface area contributed by atoms with E-state index in [0.717, 1.165) is 5.56 Å². The van der Waals surface area contributed by atoms with Gasteiger partial charge in [0.2, 0.25) is 6.41 Å². The van der Waals surface area contributed by atoms with Gasteiger partial charge in [-0.15, -0.1) is 0 Å². The van der Waals surface area contributed by atoms with E-state index in [-0.39, 0.29) is 19.1 Å². The van der Waals surface area contributed by atoms with Gasteiger partial charge in [-0.25, -0.2) is 5.06 Å². The molecule has 0 fully saturated rings. The molecule has 104 valence electrons. The van der Waals surface area contributed by atoms with Crippen molar-refractivity contribution in [1.29, 1.82) is 0 Å². The van der Waals surface area contributed by atoms with Gasteiger partial charge in [-0.3, -0.25) is 14.8 Å². The summed E-state index contributed by atoms with van der Waals surface area (Å²) in [6.45, 7) is 0.310. The van der Waals surface area contributed by atoms with E-state index in [9.17, 15) is 9.59 Å². The first-order valence-electron chi connectivity index (χ1n) is 5.85. The number of rotatable bonds is 8. The first kappa shape index (κ1) is 15.0. The van der Waals surface area contributed by atoms with Gasteiger partial charge in [-0.1, -0.05) is 12.1 Å². The number of amides is 1. The van der Waals surface area contributed by atoms with Crippen molar-refractivity contribution in [2.45, 2.75) is 12.8 Å². The Balaban J connectivity index is 2.34. The highest BCUT2D eigenvalue weighted by Crippen LogP contribution is 2.13. The molecule has 0 radical (unpaired) electrons. The summed E-state index contributed by atoms with van der Waals surface area (Å²) in [5, 5.41) is 9.39. The van der Waals surface area contributed by atoms with Gasteiger partial charge in [0, 0.05) is 6.42 Å².